The topological polar surface area (TPSA) is 54.5 Å². The number of rotatable bonds is 5. The van der Waals surface area contributed by atoms with Gasteiger partial charge in [0.05, 0.1) is 12.0 Å². The van der Waals surface area contributed by atoms with Crippen LogP contribution in [0.4, 0.5) is 0 Å². The molecule has 1 aliphatic heterocycles. The highest BCUT2D eigenvalue weighted by molar-refractivity contribution is 7.12. The molecule has 23 heavy (non-hydrogen) atoms. The zero-order chi connectivity index (χ0) is 16.2. The Morgan fingerprint density at radius 2 is 2.35 bits per heavy atom. The molecule has 3 rings (SSSR count). The van der Waals surface area contributed by atoms with Crippen molar-refractivity contribution in [1.82, 2.24) is 15.2 Å². The maximum Gasteiger partial charge on any atom is 0.261 e. The van der Waals surface area contributed by atoms with E-state index in [1.165, 1.54) is 11.3 Å². The van der Waals surface area contributed by atoms with Gasteiger partial charge in [-0.1, -0.05) is 6.07 Å². The lowest BCUT2D eigenvalue weighted by Crippen LogP contribution is -2.36. The smallest absolute Gasteiger partial charge is 0.261 e. The molecule has 1 fully saturated rings. The summed E-state index contributed by atoms with van der Waals surface area (Å²) in [5.74, 6) is 0.682. The highest BCUT2D eigenvalue weighted by Crippen LogP contribution is 2.18. The minimum Gasteiger partial charge on any atom is -0.481 e. The second-order valence-corrected chi connectivity index (χ2v) is 6.75. The summed E-state index contributed by atoms with van der Waals surface area (Å²) in [7, 11) is 1.62. The third kappa shape index (κ3) is 3.89. The quantitative estimate of drug-likeness (QED) is 0.914. The van der Waals surface area contributed by atoms with Crippen LogP contribution in [-0.2, 0) is 6.54 Å². The van der Waals surface area contributed by atoms with E-state index in [1.54, 1.807) is 7.11 Å². The summed E-state index contributed by atoms with van der Waals surface area (Å²) in [6, 6.07) is 6.11. The Morgan fingerprint density at radius 1 is 1.48 bits per heavy atom. The lowest BCUT2D eigenvalue weighted by molar-refractivity contribution is 0.0941. The van der Waals surface area contributed by atoms with Gasteiger partial charge in [0, 0.05) is 37.9 Å². The van der Waals surface area contributed by atoms with Crippen molar-refractivity contribution in [2.75, 3.05) is 20.2 Å². The average molecular weight is 331 g/mol. The summed E-state index contributed by atoms with van der Waals surface area (Å²) < 4.78 is 5.07. The number of hydrogen-bond acceptors (Lipinski definition) is 5. The molecule has 0 aliphatic carbocycles. The number of carbonyl (C=O) groups is 1. The molecular formula is C17H21N3O2S. The molecule has 0 aromatic carbocycles. The third-order valence-electron chi connectivity index (χ3n) is 4.09. The van der Waals surface area contributed by atoms with Gasteiger partial charge in [-0.25, -0.2) is 4.98 Å². The molecule has 1 saturated heterocycles. The number of thiophene rings is 1. The highest BCUT2D eigenvalue weighted by atomic mass is 32.1. The van der Waals surface area contributed by atoms with Crippen LogP contribution >= 0.6 is 11.3 Å². The van der Waals surface area contributed by atoms with Crippen LogP contribution in [0.1, 0.15) is 27.2 Å². The van der Waals surface area contributed by atoms with Crippen LogP contribution in [0, 0.1) is 6.92 Å². The zero-order valence-corrected chi connectivity index (χ0v) is 14.2. The molecule has 2 aromatic heterocycles. The van der Waals surface area contributed by atoms with Gasteiger partial charge in [0.15, 0.2) is 0 Å². The number of nitrogens with zero attached hydrogens (tertiary/aromatic N) is 2. The summed E-state index contributed by atoms with van der Waals surface area (Å²) in [6.07, 6.45) is 2.83. The van der Waals surface area contributed by atoms with Crippen LogP contribution in [0.3, 0.4) is 0 Å². The van der Waals surface area contributed by atoms with E-state index >= 15 is 0 Å². The van der Waals surface area contributed by atoms with E-state index in [4.69, 9.17) is 4.74 Å². The van der Waals surface area contributed by atoms with Crippen molar-refractivity contribution in [3.63, 3.8) is 0 Å². The first-order chi connectivity index (χ1) is 11.2. The SMILES string of the molecule is COc1ccc(CN2CC[C@@H](NC(=O)c3sccc3C)C2)cn1. The molecule has 6 heteroatoms. The van der Waals surface area contributed by atoms with Gasteiger partial charge in [-0.15, -0.1) is 11.3 Å². The van der Waals surface area contributed by atoms with Crippen LogP contribution in [0.5, 0.6) is 5.88 Å². The fourth-order valence-corrected chi connectivity index (χ4v) is 3.66. The van der Waals surface area contributed by atoms with Crippen molar-refractivity contribution in [2.45, 2.75) is 25.9 Å². The Hall–Kier alpha value is -1.92. The van der Waals surface area contributed by atoms with Gasteiger partial charge in [0.25, 0.3) is 5.91 Å². The van der Waals surface area contributed by atoms with E-state index in [0.717, 1.165) is 42.1 Å². The normalized spacial score (nSPS) is 18.1. The molecule has 0 unspecified atom stereocenters. The second-order valence-electron chi connectivity index (χ2n) is 5.84. The Kier molecular flexibility index (Phi) is 4.93. The summed E-state index contributed by atoms with van der Waals surface area (Å²) in [5, 5.41) is 5.11. The molecule has 1 aliphatic rings. The largest absolute Gasteiger partial charge is 0.481 e. The van der Waals surface area contributed by atoms with Gasteiger partial charge in [0.1, 0.15) is 0 Å². The summed E-state index contributed by atoms with van der Waals surface area (Å²) in [4.78, 5) is 19.7. The molecular weight excluding hydrogens is 310 g/mol. The van der Waals surface area contributed by atoms with Crippen LogP contribution in [0.25, 0.3) is 0 Å². The van der Waals surface area contributed by atoms with E-state index in [9.17, 15) is 4.79 Å². The zero-order valence-electron chi connectivity index (χ0n) is 13.4. The predicted octanol–water partition coefficient (Wildman–Crippen LogP) is 2.46. The van der Waals surface area contributed by atoms with E-state index in [-0.39, 0.29) is 11.9 Å². The Morgan fingerprint density at radius 3 is 3.00 bits per heavy atom. The maximum atomic E-state index is 12.3. The van der Waals surface area contributed by atoms with Gasteiger partial charge in [-0.2, -0.15) is 0 Å². The Balaban J connectivity index is 1.52. The second kappa shape index (κ2) is 7.10. The van der Waals surface area contributed by atoms with Crippen molar-refractivity contribution in [3.8, 4) is 5.88 Å². The molecule has 1 amide bonds. The van der Waals surface area contributed by atoms with Crippen LogP contribution in [0.2, 0.25) is 0 Å². The van der Waals surface area contributed by atoms with Crippen LogP contribution in [0.15, 0.2) is 29.8 Å². The molecule has 0 bridgehead atoms. The minimum atomic E-state index is 0.0514. The number of aryl methyl sites for hydroxylation is 1. The summed E-state index contributed by atoms with van der Waals surface area (Å²) in [5.41, 5.74) is 2.21. The van der Waals surface area contributed by atoms with E-state index in [1.807, 2.05) is 36.7 Å². The number of methoxy groups -OCH3 is 1. The number of ether oxygens (including phenoxy) is 1. The molecule has 122 valence electrons. The van der Waals surface area contributed by atoms with Crippen molar-refractivity contribution in [1.29, 1.82) is 0 Å². The van der Waals surface area contributed by atoms with E-state index in [2.05, 4.69) is 15.2 Å². The third-order valence-corrected chi connectivity index (χ3v) is 5.10. The minimum absolute atomic E-state index is 0.0514. The van der Waals surface area contributed by atoms with Crippen molar-refractivity contribution in [2.24, 2.45) is 0 Å². The average Bonchev–Trinajstić information content (AvgIpc) is 3.17. The fraction of sp³-hybridized carbons (Fsp3) is 0.412. The fourth-order valence-electron chi connectivity index (χ4n) is 2.83. The van der Waals surface area contributed by atoms with E-state index < -0.39 is 0 Å². The monoisotopic (exact) mass is 331 g/mol. The molecule has 1 N–H and O–H groups in total. The predicted molar refractivity (Wildman–Crippen MR) is 91.0 cm³/mol. The first-order valence-corrected chi connectivity index (χ1v) is 8.60. The van der Waals surface area contributed by atoms with Crippen LogP contribution < -0.4 is 10.1 Å². The lowest BCUT2D eigenvalue weighted by atomic mass is 10.2. The highest BCUT2D eigenvalue weighted by Gasteiger charge is 2.25. The molecule has 0 spiro atoms. The first-order valence-electron chi connectivity index (χ1n) is 7.72. The summed E-state index contributed by atoms with van der Waals surface area (Å²) in [6.45, 7) is 4.69. The standard InChI is InChI=1S/C17H21N3O2S/c1-12-6-8-23-16(12)17(21)19-14-5-7-20(11-14)10-13-3-4-15(22-2)18-9-13/h3-4,6,8-9,14H,5,7,10-11H2,1-2H3,(H,19,21)/t14-/m1/s1. The Bertz CT molecular complexity index is 669. The van der Waals surface area contributed by atoms with Gasteiger partial charge in [-0.3, -0.25) is 9.69 Å². The number of carbonyl (C=O) groups excluding carboxylic acids is 1. The molecule has 1 atom stereocenters. The number of amides is 1. The van der Waals surface area contributed by atoms with E-state index in [0.29, 0.717) is 5.88 Å². The lowest BCUT2D eigenvalue weighted by Gasteiger charge is -2.16. The number of pyridine rings is 1. The molecule has 0 radical (unpaired) electrons. The Labute approximate surface area is 140 Å². The van der Waals surface area contributed by atoms with Gasteiger partial charge >= 0.3 is 0 Å². The summed E-state index contributed by atoms with van der Waals surface area (Å²) >= 11 is 1.50. The number of hydrogen-bond donors (Lipinski definition) is 1. The van der Waals surface area contributed by atoms with Crippen molar-refractivity contribution >= 4 is 17.2 Å². The van der Waals surface area contributed by atoms with Gasteiger partial charge in [0.2, 0.25) is 5.88 Å². The number of likely N-dealkylation sites (tertiary alicyclic amines) is 1. The van der Waals surface area contributed by atoms with Crippen molar-refractivity contribution < 1.29 is 9.53 Å². The van der Waals surface area contributed by atoms with Crippen molar-refractivity contribution in [3.05, 3.63) is 45.8 Å². The molecule has 0 saturated carbocycles. The number of nitrogens with one attached hydrogen (secondary N) is 1. The van der Waals surface area contributed by atoms with Gasteiger partial charge < -0.3 is 10.1 Å². The molecule has 5 nitrogen and oxygen atoms in total. The molecule has 2 aromatic rings. The van der Waals surface area contributed by atoms with Gasteiger partial charge in [-0.05, 0) is 35.9 Å². The molecule has 3 heterocycles. The maximum absolute atomic E-state index is 12.3. The number of aromatic nitrogens is 1. The van der Waals surface area contributed by atoms with Crippen LogP contribution in [-0.4, -0.2) is 42.0 Å². The first kappa shape index (κ1) is 16.0.